The van der Waals surface area contributed by atoms with Gasteiger partial charge in [0.2, 0.25) is 5.13 Å². The number of methoxy groups -OCH3 is 1. The Hall–Kier alpha value is -2.65. The maximum Gasteiger partial charge on any atom is 0.264 e. The van der Waals surface area contributed by atoms with Gasteiger partial charge in [-0.25, -0.2) is 4.39 Å². The second-order valence-corrected chi connectivity index (χ2v) is 7.44. The average Bonchev–Trinajstić information content (AvgIpc) is 3.13. The highest BCUT2D eigenvalue weighted by Gasteiger charge is 2.11. The van der Waals surface area contributed by atoms with E-state index in [1.54, 1.807) is 36.4 Å². The molecule has 27 heavy (non-hydrogen) atoms. The molecule has 140 valence electrons. The number of rotatable bonds is 8. The summed E-state index contributed by atoms with van der Waals surface area (Å²) in [4.78, 5) is 12.0. The summed E-state index contributed by atoms with van der Waals surface area (Å²) < 4.78 is 24.9. The smallest absolute Gasteiger partial charge is 0.264 e. The summed E-state index contributed by atoms with van der Waals surface area (Å²) in [7, 11) is 1.53. The minimum absolute atomic E-state index is 0.183. The predicted molar refractivity (Wildman–Crippen MR) is 103 cm³/mol. The molecule has 1 amide bonds. The summed E-state index contributed by atoms with van der Waals surface area (Å²) in [5.41, 5.74) is 0.591. The zero-order valence-corrected chi connectivity index (χ0v) is 16.0. The first-order valence-corrected chi connectivity index (χ1v) is 9.71. The number of para-hydroxylation sites is 2. The van der Waals surface area contributed by atoms with Gasteiger partial charge in [-0.15, -0.1) is 10.2 Å². The maximum atomic E-state index is 13.6. The Morgan fingerprint density at radius 1 is 1.15 bits per heavy atom. The zero-order chi connectivity index (χ0) is 19.1. The van der Waals surface area contributed by atoms with Crippen LogP contribution in [0.4, 0.5) is 9.52 Å². The number of ether oxygens (including phenoxy) is 2. The zero-order valence-electron chi connectivity index (χ0n) is 14.3. The number of carbonyl (C=O) groups is 1. The van der Waals surface area contributed by atoms with Gasteiger partial charge in [-0.2, -0.15) is 0 Å². The fraction of sp³-hybridized carbons (Fsp3) is 0.167. The van der Waals surface area contributed by atoms with Crippen molar-refractivity contribution in [2.24, 2.45) is 0 Å². The summed E-state index contributed by atoms with van der Waals surface area (Å²) >= 11 is 2.58. The molecular weight excluding hydrogens is 389 g/mol. The van der Waals surface area contributed by atoms with Gasteiger partial charge in [-0.1, -0.05) is 53.4 Å². The first kappa shape index (κ1) is 19.1. The summed E-state index contributed by atoms with van der Waals surface area (Å²) in [6.45, 7) is -0.183. The van der Waals surface area contributed by atoms with E-state index < -0.39 is 0 Å². The molecule has 0 aliphatic carbocycles. The third-order valence-electron chi connectivity index (χ3n) is 3.39. The molecule has 9 heteroatoms. The molecule has 0 aliphatic rings. The van der Waals surface area contributed by atoms with Crippen LogP contribution in [-0.2, 0) is 10.5 Å². The molecule has 1 aromatic heterocycles. The number of aromatic nitrogens is 2. The van der Waals surface area contributed by atoms with Gasteiger partial charge in [-0.3, -0.25) is 10.1 Å². The topological polar surface area (TPSA) is 73.3 Å². The molecule has 0 unspecified atom stereocenters. The van der Waals surface area contributed by atoms with Crippen molar-refractivity contribution in [1.82, 2.24) is 10.2 Å². The van der Waals surface area contributed by atoms with Crippen LogP contribution in [0.15, 0.2) is 52.9 Å². The van der Waals surface area contributed by atoms with E-state index >= 15 is 0 Å². The molecule has 0 radical (unpaired) electrons. The van der Waals surface area contributed by atoms with Crippen LogP contribution in [-0.4, -0.2) is 29.8 Å². The van der Waals surface area contributed by atoms with Crippen molar-refractivity contribution in [3.8, 4) is 11.5 Å². The van der Waals surface area contributed by atoms with Crippen molar-refractivity contribution in [3.05, 3.63) is 59.9 Å². The van der Waals surface area contributed by atoms with Crippen molar-refractivity contribution in [2.45, 2.75) is 10.1 Å². The largest absolute Gasteiger partial charge is 0.493 e. The van der Waals surface area contributed by atoms with Gasteiger partial charge in [0.1, 0.15) is 5.82 Å². The number of halogens is 1. The third kappa shape index (κ3) is 5.41. The van der Waals surface area contributed by atoms with Crippen molar-refractivity contribution in [2.75, 3.05) is 19.0 Å². The van der Waals surface area contributed by atoms with Crippen LogP contribution < -0.4 is 14.8 Å². The first-order valence-electron chi connectivity index (χ1n) is 7.91. The van der Waals surface area contributed by atoms with Gasteiger partial charge in [0.15, 0.2) is 22.4 Å². The molecule has 6 nitrogen and oxygen atoms in total. The molecule has 3 aromatic rings. The summed E-state index contributed by atoms with van der Waals surface area (Å²) in [5, 5.41) is 10.9. The molecule has 0 bridgehead atoms. The lowest BCUT2D eigenvalue weighted by Gasteiger charge is -2.09. The van der Waals surface area contributed by atoms with Crippen LogP contribution in [0.2, 0.25) is 0 Å². The van der Waals surface area contributed by atoms with Gasteiger partial charge in [0.05, 0.1) is 7.11 Å². The van der Waals surface area contributed by atoms with Crippen LogP contribution in [0.3, 0.4) is 0 Å². The highest BCUT2D eigenvalue weighted by Crippen LogP contribution is 2.29. The van der Waals surface area contributed by atoms with E-state index in [-0.39, 0.29) is 18.3 Å². The minimum Gasteiger partial charge on any atom is -0.493 e. The standard InChI is InChI=1S/C18H16FN3O3S2/c1-24-14-8-4-5-9-15(14)25-10-16(23)20-17-21-22-18(27-17)26-11-12-6-2-3-7-13(12)19/h2-9H,10-11H2,1H3,(H,20,21,23). The van der Waals surface area contributed by atoms with E-state index in [4.69, 9.17) is 9.47 Å². The van der Waals surface area contributed by atoms with Crippen LogP contribution in [0.1, 0.15) is 5.56 Å². The van der Waals surface area contributed by atoms with Crippen molar-refractivity contribution in [3.63, 3.8) is 0 Å². The molecule has 0 aliphatic heterocycles. The molecule has 1 heterocycles. The van der Waals surface area contributed by atoms with Gasteiger partial charge in [-0.05, 0) is 23.8 Å². The lowest BCUT2D eigenvalue weighted by atomic mass is 10.2. The molecule has 1 N–H and O–H groups in total. The van der Waals surface area contributed by atoms with E-state index in [0.717, 1.165) is 0 Å². The van der Waals surface area contributed by atoms with Crippen molar-refractivity contribution in [1.29, 1.82) is 0 Å². The second-order valence-electron chi connectivity index (χ2n) is 5.24. The molecule has 3 rings (SSSR count). The lowest BCUT2D eigenvalue weighted by Crippen LogP contribution is -2.20. The summed E-state index contributed by atoms with van der Waals surface area (Å²) in [5.74, 6) is 0.854. The molecule has 0 fully saturated rings. The van der Waals surface area contributed by atoms with E-state index in [2.05, 4.69) is 15.5 Å². The number of amides is 1. The van der Waals surface area contributed by atoms with E-state index in [1.165, 1.54) is 36.3 Å². The first-order chi connectivity index (χ1) is 13.2. The lowest BCUT2D eigenvalue weighted by molar-refractivity contribution is -0.118. The predicted octanol–water partition coefficient (Wildman–Crippen LogP) is 4.00. The van der Waals surface area contributed by atoms with E-state index in [1.807, 2.05) is 6.07 Å². The van der Waals surface area contributed by atoms with E-state index in [9.17, 15) is 9.18 Å². The Bertz CT molecular complexity index is 920. The number of nitrogens with zero attached hydrogens (tertiary/aromatic N) is 2. The van der Waals surface area contributed by atoms with Crippen LogP contribution in [0, 0.1) is 5.82 Å². The summed E-state index contributed by atoms with van der Waals surface area (Å²) in [6, 6.07) is 13.6. The monoisotopic (exact) mass is 405 g/mol. The van der Waals surface area contributed by atoms with Gasteiger partial charge in [0.25, 0.3) is 5.91 Å². The number of anilines is 1. The average molecular weight is 405 g/mol. The Morgan fingerprint density at radius 3 is 2.67 bits per heavy atom. The van der Waals surface area contributed by atoms with Crippen LogP contribution in [0.25, 0.3) is 0 Å². The Balaban J connectivity index is 1.50. The second kappa shape index (κ2) is 9.33. The number of hydrogen-bond acceptors (Lipinski definition) is 7. The highest BCUT2D eigenvalue weighted by molar-refractivity contribution is 8.00. The fourth-order valence-electron chi connectivity index (χ4n) is 2.11. The minimum atomic E-state index is -0.359. The Morgan fingerprint density at radius 2 is 1.89 bits per heavy atom. The number of benzene rings is 2. The number of hydrogen-bond donors (Lipinski definition) is 1. The van der Waals surface area contributed by atoms with Crippen LogP contribution in [0.5, 0.6) is 11.5 Å². The van der Waals surface area contributed by atoms with Gasteiger partial charge in [0, 0.05) is 5.75 Å². The molecule has 0 saturated heterocycles. The highest BCUT2D eigenvalue weighted by atomic mass is 32.2. The number of thioether (sulfide) groups is 1. The third-order valence-corrected chi connectivity index (χ3v) is 5.41. The number of carbonyl (C=O) groups excluding carboxylic acids is 1. The number of nitrogens with one attached hydrogen (secondary N) is 1. The molecule has 0 saturated carbocycles. The van der Waals surface area contributed by atoms with E-state index in [0.29, 0.717) is 32.3 Å². The molecular formula is C18H16FN3O3S2. The van der Waals surface area contributed by atoms with Crippen LogP contribution >= 0.6 is 23.1 Å². The summed E-state index contributed by atoms with van der Waals surface area (Å²) in [6.07, 6.45) is 0. The SMILES string of the molecule is COc1ccccc1OCC(=O)Nc1nnc(SCc2ccccc2F)s1. The molecule has 0 spiro atoms. The normalized spacial score (nSPS) is 10.4. The Labute approximate surface area is 163 Å². The quantitative estimate of drug-likeness (QED) is 0.451. The fourth-order valence-corrected chi connectivity index (χ4v) is 3.86. The molecule has 2 aromatic carbocycles. The van der Waals surface area contributed by atoms with Crippen molar-refractivity contribution >= 4 is 34.1 Å². The van der Waals surface area contributed by atoms with Crippen molar-refractivity contribution < 1.29 is 18.7 Å². The molecule has 0 atom stereocenters. The van der Waals surface area contributed by atoms with Gasteiger partial charge < -0.3 is 9.47 Å². The Kier molecular flexibility index (Phi) is 6.61. The van der Waals surface area contributed by atoms with Gasteiger partial charge >= 0.3 is 0 Å². The maximum absolute atomic E-state index is 13.6.